The molecule has 3 aromatic rings. The van der Waals surface area contributed by atoms with E-state index in [1.54, 1.807) is 17.2 Å². The Morgan fingerprint density at radius 1 is 1.14 bits per heavy atom. The summed E-state index contributed by atoms with van der Waals surface area (Å²) in [6, 6.07) is 18.4. The molecule has 0 bridgehead atoms. The van der Waals surface area contributed by atoms with Gasteiger partial charge in [-0.3, -0.25) is 14.7 Å². The standard InChI is InChI=1S/C23H24N4O2/c1-16-3-2-4-19(13-16)18-7-5-17(6-8-18)14-20-15-27(12-11-24-22(20)28)23(29)21-9-10-25-26-21/h2-10,13,20H,11-12,14-15H2,1H3,(H,24,28)(H,25,26)/t20-/m1/s1. The van der Waals surface area contributed by atoms with E-state index in [0.717, 1.165) is 11.1 Å². The van der Waals surface area contributed by atoms with Crippen molar-refractivity contribution in [3.8, 4) is 11.1 Å². The number of nitrogens with zero attached hydrogens (tertiary/aromatic N) is 2. The summed E-state index contributed by atoms with van der Waals surface area (Å²) in [5.41, 5.74) is 5.08. The molecule has 0 aliphatic carbocycles. The zero-order valence-electron chi connectivity index (χ0n) is 16.4. The van der Waals surface area contributed by atoms with Gasteiger partial charge in [0, 0.05) is 25.8 Å². The van der Waals surface area contributed by atoms with Gasteiger partial charge in [-0.2, -0.15) is 5.10 Å². The van der Waals surface area contributed by atoms with Gasteiger partial charge in [0.15, 0.2) is 0 Å². The number of amides is 2. The van der Waals surface area contributed by atoms with Gasteiger partial charge in [0.05, 0.1) is 5.92 Å². The van der Waals surface area contributed by atoms with Gasteiger partial charge < -0.3 is 10.2 Å². The summed E-state index contributed by atoms with van der Waals surface area (Å²) >= 11 is 0. The van der Waals surface area contributed by atoms with E-state index in [1.807, 2.05) is 0 Å². The topological polar surface area (TPSA) is 78.1 Å². The molecular weight excluding hydrogens is 364 g/mol. The fourth-order valence-electron chi connectivity index (χ4n) is 3.73. The van der Waals surface area contributed by atoms with Crippen molar-refractivity contribution in [3.63, 3.8) is 0 Å². The van der Waals surface area contributed by atoms with E-state index in [4.69, 9.17) is 0 Å². The van der Waals surface area contributed by atoms with Crippen LogP contribution in [0.3, 0.4) is 0 Å². The Morgan fingerprint density at radius 2 is 1.97 bits per heavy atom. The van der Waals surface area contributed by atoms with E-state index in [9.17, 15) is 9.59 Å². The number of nitrogens with one attached hydrogen (secondary N) is 2. The number of hydrogen-bond donors (Lipinski definition) is 2. The maximum absolute atomic E-state index is 12.7. The van der Waals surface area contributed by atoms with Crippen LogP contribution < -0.4 is 5.32 Å². The number of aromatic amines is 1. The van der Waals surface area contributed by atoms with Crippen LogP contribution in [0.1, 0.15) is 21.6 Å². The number of H-pyrrole nitrogens is 1. The molecule has 29 heavy (non-hydrogen) atoms. The van der Waals surface area contributed by atoms with E-state index < -0.39 is 0 Å². The fourth-order valence-corrected chi connectivity index (χ4v) is 3.73. The summed E-state index contributed by atoms with van der Waals surface area (Å²) in [4.78, 5) is 26.9. The molecular formula is C23H24N4O2. The largest absolute Gasteiger partial charge is 0.354 e. The summed E-state index contributed by atoms with van der Waals surface area (Å²) in [5, 5.41) is 9.49. The van der Waals surface area contributed by atoms with Gasteiger partial charge in [0.1, 0.15) is 5.69 Å². The molecule has 1 aliphatic heterocycles. The summed E-state index contributed by atoms with van der Waals surface area (Å²) < 4.78 is 0. The highest BCUT2D eigenvalue weighted by Crippen LogP contribution is 2.22. The van der Waals surface area contributed by atoms with Crippen LogP contribution in [-0.4, -0.2) is 46.5 Å². The van der Waals surface area contributed by atoms with Gasteiger partial charge in [-0.05, 0) is 36.1 Å². The Morgan fingerprint density at radius 3 is 2.69 bits per heavy atom. The van der Waals surface area contributed by atoms with E-state index in [2.05, 4.69) is 71.0 Å². The van der Waals surface area contributed by atoms with Crippen LogP contribution >= 0.6 is 0 Å². The Hall–Kier alpha value is -3.41. The Bertz CT molecular complexity index is 996. The number of carbonyl (C=O) groups is 2. The highest BCUT2D eigenvalue weighted by Gasteiger charge is 2.28. The Kier molecular flexibility index (Phi) is 5.42. The Labute approximate surface area is 169 Å². The maximum atomic E-state index is 12.7. The minimum absolute atomic E-state index is 0.00679. The normalized spacial score (nSPS) is 16.9. The lowest BCUT2D eigenvalue weighted by Crippen LogP contribution is -2.37. The molecule has 0 saturated carbocycles. The summed E-state index contributed by atoms with van der Waals surface area (Å²) in [6.07, 6.45) is 2.15. The van der Waals surface area contributed by atoms with Crippen molar-refractivity contribution in [1.82, 2.24) is 20.4 Å². The van der Waals surface area contributed by atoms with E-state index >= 15 is 0 Å². The van der Waals surface area contributed by atoms with Gasteiger partial charge in [-0.1, -0.05) is 54.1 Å². The molecule has 2 heterocycles. The Balaban J connectivity index is 1.48. The maximum Gasteiger partial charge on any atom is 0.271 e. The first-order chi connectivity index (χ1) is 14.1. The molecule has 4 rings (SSSR count). The summed E-state index contributed by atoms with van der Waals surface area (Å²) in [7, 11) is 0. The molecule has 2 aromatic carbocycles. The number of carbonyl (C=O) groups excluding carboxylic acids is 2. The van der Waals surface area contributed by atoms with E-state index in [0.29, 0.717) is 31.7 Å². The second-order valence-corrected chi connectivity index (χ2v) is 7.48. The highest BCUT2D eigenvalue weighted by molar-refractivity contribution is 5.93. The number of benzene rings is 2. The molecule has 6 nitrogen and oxygen atoms in total. The molecule has 0 unspecified atom stereocenters. The van der Waals surface area contributed by atoms with Crippen LogP contribution in [0.2, 0.25) is 0 Å². The lowest BCUT2D eigenvalue weighted by Gasteiger charge is -2.22. The minimum Gasteiger partial charge on any atom is -0.354 e. The lowest BCUT2D eigenvalue weighted by molar-refractivity contribution is -0.124. The van der Waals surface area contributed by atoms with Crippen LogP contribution in [0.4, 0.5) is 0 Å². The summed E-state index contributed by atoms with van der Waals surface area (Å²) in [5.74, 6) is -0.416. The molecule has 1 aliphatic rings. The van der Waals surface area contributed by atoms with Gasteiger partial charge in [-0.25, -0.2) is 0 Å². The number of rotatable bonds is 4. The first-order valence-corrected chi connectivity index (χ1v) is 9.82. The monoisotopic (exact) mass is 388 g/mol. The number of aryl methyl sites for hydroxylation is 1. The molecule has 1 saturated heterocycles. The van der Waals surface area contributed by atoms with Crippen LogP contribution in [-0.2, 0) is 11.2 Å². The predicted octanol–water partition coefficient (Wildman–Crippen LogP) is 2.82. The van der Waals surface area contributed by atoms with Crippen molar-refractivity contribution in [2.75, 3.05) is 19.6 Å². The zero-order chi connectivity index (χ0) is 20.2. The second kappa shape index (κ2) is 8.31. The number of aromatic nitrogens is 2. The van der Waals surface area contributed by atoms with Gasteiger partial charge >= 0.3 is 0 Å². The first-order valence-electron chi connectivity index (χ1n) is 9.82. The molecule has 2 N–H and O–H groups in total. The van der Waals surface area contributed by atoms with Gasteiger partial charge in [-0.15, -0.1) is 0 Å². The van der Waals surface area contributed by atoms with Crippen LogP contribution in [0.25, 0.3) is 11.1 Å². The van der Waals surface area contributed by atoms with Crippen LogP contribution in [0.15, 0.2) is 60.8 Å². The third kappa shape index (κ3) is 4.37. The quantitative estimate of drug-likeness (QED) is 0.721. The average Bonchev–Trinajstić information content (AvgIpc) is 3.21. The molecule has 2 amide bonds. The molecule has 0 radical (unpaired) electrons. The van der Waals surface area contributed by atoms with Crippen LogP contribution in [0, 0.1) is 12.8 Å². The van der Waals surface area contributed by atoms with Crippen molar-refractivity contribution in [2.24, 2.45) is 5.92 Å². The molecule has 1 aromatic heterocycles. The van der Waals surface area contributed by atoms with Crippen molar-refractivity contribution >= 4 is 11.8 Å². The molecule has 1 atom stereocenters. The first kappa shape index (κ1) is 18.9. The molecule has 148 valence electrons. The fraction of sp³-hybridized carbons (Fsp3) is 0.261. The predicted molar refractivity (Wildman–Crippen MR) is 111 cm³/mol. The molecule has 0 spiro atoms. The third-order valence-electron chi connectivity index (χ3n) is 5.30. The average molecular weight is 388 g/mol. The third-order valence-corrected chi connectivity index (χ3v) is 5.30. The molecule has 6 heteroatoms. The van der Waals surface area contributed by atoms with Crippen LogP contribution in [0.5, 0.6) is 0 Å². The second-order valence-electron chi connectivity index (χ2n) is 7.48. The smallest absolute Gasteiger partial charge is 0.271 e. The van der Waals surface area contributed by atoms with E-state index in [-0.39, 0.29) is 17.7 Å². The highest BCUT2D eigenvalue weighted by atomic mass is 16.2. The minimum atomic E-state index is -0.283. The van der Waals surface area contributed by atoms with Crippen molar-refractivity contribution in [2.45, 2.75) is 13.3 Å². The number of hydrogen-bond acceptors (Lipinski definition) is 3. The van der Waals surface area contributed by atoms with Crippen molar-refractivity contribution in [3.05, 3.63) is 77.6 Å². The van der Waals surface area contributed by atoms with Gasteiger partial charge in [0.25, 0.3) is 5.91 Å². The summed E-state index contributed by atoms with van der Waals surface area (Å²) in [6.45, 7) is 3.43. The molecule has 1 fully saturated rings. The van der Waals surface area contributed by atoms with Gasteiger partial charge in [0.2, 0.25) is 5.91 Å². The lowest BCUT2D eigenvalue weighted by atomic mass is 9.95. The van der Waals surface area contributed by atoms with Crippen molar-refractivity contribution < 1.29 is 9.59 Å². The van der Waals surface area contributed by atoms with Crippen molar-refractivity contribution in [1.29, 1.82) is 0 Å². The SMILES string of the molecule is Cc1cccc(-c2ccc(C[C@@H]3CN(C(=O)c4ccn[nH]4)CCNC3=O)cc2)c1. The van der Waals surface area contributed by atoms with E-state index in [1.165, 1.54) is 11.1 Å². The zero-order valence-corrected chi connectivity index (χ0v) is 16.4.